The monoisotopic (exact) mass is 307 g/mol. The number of thiazole rings is 1. The number of piperazine rings is 1. The highest BCUT2D eigenvalue weighted by molar-refractivity contribution is 7.09. The fourth-order valence-corrected chi connectivity index (χ4v) is 4.07. The Hall–Kier alpha value is -1.43. The predicted octanol–water partition coefficient (Wildman–Crippen LogP) is 1.94. The van der Waals surface area contributed by atoms with Gasteiger partial charge < -0.3 is 10.2 Å². The summed E-state index contributed by atoms with van der Waals surface area (Å²) in [7, 11) is 0. The predicted molar refractivity (Wildman–Crippen MR) is 80.6 cm³/mol. The van der Waals surface area contributed by atoms with E-state index in [2.05, 4.69) is 10.3 Å². The third-order valence-corrected chi connectivity index (χ3v) is 5.27. The number of hydrogen-bond acceptors (Lipinski definition) is 4. The van der Waals surface area contributed by atoms with Crippen molar-refractivity contribution in [1.82, 2.24) is 15.2 Å². The second-order valence-corrected chi connectivity index (χ2v) is 6.94. The molecule has 1 saturated heterocycles. The van der Waals surface area contributed by atoms with E-state index in [0.29, 0.717) is 6.54 Å². The maximum atomic E-state index is 12.5. The number of carbonyl (C=O) groups excluding carboxylic acids is 2. The summed E-state index contributed by atoms with van der Waals surface area (Å²) in [5.41, 5.74) is 0. The number of nitrogens with zero attached hydrogens (tertiary/aromatic N) is 2. The van der Waals surface area contributed by atoms with E-state index in [1.165, 1.54) is 17.8 Å². The summed E-state index contributed by atoms with van der Waals surface area (Å²) in [5.74, 6) is 0.307. The lowest BCUT2D eigenvalue weighted by atomic mass is 9.81. The van der Waals surface area contributed by atoms with E-state index in [1.54, 1.807) is 18.0 Å². The summed E-state index contributed by atoms with van der Waals surface area (Å²) in [6, 6.07) is -0.754. The highest BCUT2D eigenvalue weighted by atomic mass is 32.1. The second kappa shape index (κ2) is 6.13. The molecule has 2 atom stereocenters. The zero-order valence-electron chi connectivity index (χ0n) is 12.2. The van der Waals surface area contributed by atoms with Crippen molar-refractivity contribution in [1.29, 1.82) is 0 Å². The van der Waals surface area contributed by atoms with E-state index in [9.17, 15) is 9.59 Å². The molecule has 1 aromatic rings. The topological polar surface area (TPSA) is 62.3 Å². The van der Waals surface area contributed by atoms with Crippen molar-refractivity contribution in [2.75, 3.05) is 0 Å². The van der Waals surface area contributed by atoms with Gasteiger partial charge in [-0.2, -0.15) is 0 Å². The van der Waals surface area contributed by atoms with Gasteiger partial charge in [0.1, 0.15) is 17.1 Å². The number of aromatic nitrogens is 1. The van der Waals surface area contributed by atoms with Crippen molar-refractivity contribution >= 4 is 23.2 Å². The summed E-state index contributed by atoms with van der Waals surface area (Å²) >= 11 is 1.53. The molecule has 1 aliphatic heterocycles. The van der Waals surface area contributed by atoms with Gasteiger partial charge in [0, 0.05) is 11.6 Å². The number of hydrogen-bond donors (Lipinski definition) is 1. The molecule has 21 heavy (non-hydrogen) atoms. The summed E-state index contributed by atoms with van der Waals surface area (Å²) in [5, 5.41) is 5.64. The zero-order chi connectivity index (χ0) is 14.8. The number of amides is 2. The third-order valence-electron chi connectivity index (χ3n) is 4.50. The minimum absolute atomic E-state index is 0.00514. The Kier molecular flexibility index (Phi) is 4.24. The molecule has 0 bridgehead atoms. The molecule has 3 rings (SSSR count). The van der Waals surface area contributed by atoms with E-state index in [0.717, 1.165) is 30.7 Å². The van der Waals surface area contributed by atoms with Gasteiger partial charge in [0.2, 0.25) is 11.8 Å². The molecular formula is C15H21N3O2S. The molecule has 2 heterocycles. The van der Waals surface area contributed by atoms with Crippen LogP contribution in [0.15, 0.2) is 11.6 Å². The Morgan fingerprint density at radius 1 is 1.33 bits per heavy atom. The van der Waals surface area contributed by atoms with Crippen molar-refractivity contribution in [2.24, 2.45) is 5.92 Å². The van der Waals surface area contributed by atoms with Crippen molar-refractivity contribution in [2.45, 2.75) is 57.7 Å². The van der Waals surface area contributed by atoms with Gasteiger partial charge >= 0.3 is 0 Å². The van der Waals surface area contributed by atoms with Gasteiger partial charge in [-0.3, -0.25) is 9.59 Å². The van der Waals surface area contributed by atoms with Crippen LogP contribution in [0.5, 0.6) is 0 Å². The number of nitrogens with one attached hydrogen (secondary N) is 1. The Balaban J connectivity index is 1.84. The Labute approximate surface area is 128 Å². The van der Waals surface area contributed by atoms with Crippen LogP contribution in [0.2, 0.25) is 0 Å². The number of rotatable bonds is 3. The summed E-state index contributed by atoms with van der Waals surface area (Å²) in [6.07, 6.45) is 7.37. The van der Waals surface area contributed by atoms with Gasteiger partial charge in [-0.05, 0) is 25.7 Å². The molecule has 1 N–H and O–H groups in total. The van der Waals surface area contributed by atoms with Gasteiger partial charge in [0.15, 0.2) is 0 Å². The maximum Gasteiger partial charge on any atom is 0.245 e. The van der Waals surface area contributed by atoms with Crippen LogP contribution in [0, 0.1) is 5.92 Å². The first-order valence-electron chi connectivity index (χ1n) is 7.66. The fourth-order valence-electron chi connectivity index (χ4n) is 3.46. The maximum absolute atomic E-state index is 12.5. The van der Waals surface area contributed by atoms with Crippen LogP contribution in [0.25, 0.3) is 0 Å². The molecule has 5 nitrogen and oxygen atoms in total. The van der Waals surface area contributed by atoms with Crippen molar-refractivity contribution in [3.8, 4) is 0 Å². The van der Waals surface area contributed by atoms with E-state index >= 15 is 0 Å². The van der Waals surface area contributed by atoms with Crippen LogP contribution in [-0.4, -0.2) is 33.8 Å². The van der Waals surface area contributed by atoms with Crippen LogP contribution in [0.3, 0.4) is 0 Å². The summed E-state index contributed by atoms with van der Waals surface area (Å²) < 4.78 is 0. The van der Waals surface area contributed by atoms with Crippen molar-refractivity contribution in [3.05, 3.63) is 16.6 Å². The largest absolute Gasteiger partial charge is 0.343 e. The van der Waals surface area contributed by atoms with Crippen molar-refractivity contribution in [3.63, 3.8) is 0 Å². The van der Waals surface area contributed by atoms with Gasteiger partial charge in [0.05, 0.1) is 6.54 Å². The highest BCUT2D eigenvalue weighted by Gasteiger charge is 2.43. The van der Waals surface area contributed by atoms with Crippen LogP contribution in [-0.2, 0) is 16.1 Å². The van der Waals surface area contributed by atoms with E-state index in [4.69, 9.17) is 0 Å². The van der Waals surface area contributed by atoms with Crippen LogP contribution in [0.1, 0.15) is 44.0 Å². The van der Waals surface area contributed by atoms with E-state index < -0.39 is 6.04 Å². The molecule has 2 unspecified atom stereocenters. The lowest BCUT2D eigenvalue weighted by Crippen LogP contribution is -2.64. The molecule has 1 aliphatic carbocycles. The third kappa shape index (κ3) is 2.95. The Bertz CT molecular complexity index is 511. The van der Waals surface area contributed by atoms with E-state index in [1.807, 2.05) is 5.38 Å². The van der Waals surface area contributed by atoms with Crippen LogP contribution in [0.4, 0.5) is 0 Å². The minimum Gasteiger partial charge on any atom is -0.343 e. The lowest BCUT2D eigenvalue weighted by molar-refractivity contribution is -0.152. The summed E-state index contributed by atoms with van der Waals surface area (Å²) in [4.78, 5) is 31.0. The Morgan fingerprint density at radius 3 is 2.76 bits per heavy atom. The molecule has 2 aliphatic rings. The lowest BCUT2D eigenvalue weighted by Gasteiger charge is -2.42. The molecule has 2 fully saturated rings. The smallest absolute Gasteiger partial charge is 0.245 e. The van der Waals surface area contributed by atoms with E-state index in [-0.39, 0.29) is 23.8 Å². The first-order chi connectivity index (χ1) is 10.2. The molecule has 1 aromatic heterocycles. The fraction of sp³-hybridized carbons (Fsp3) is 0.667. The molecule has 0 spiro atoms. The molecule has 2 amide bonds. The van der Waals surface area contributed by atoms with Crippen molar-refractivity contribution < 1.29 is 9.59 Å². The zero-order valence-corrected chi connectivity index (χ0v) is 13.1. The highest BCUT2D eigenvalue weighted by Crippen LogP contribution is 2.32. The molecule has 0 aromatic carbocycles. The minimum atomic E-state index is -0.433. The molecule has 6 heteroatoms. The normalized spacial score (nSPS) is 27.8. The SMILES string of the molecule is CC1NC(=O)C(C2CCCCC2)N(Cc2nccs2)C1=O. The molecule has 1 saturated carbocycles. The molecule has 114 valence electrons. The quantitative estimate of drug-likeness (QED) is 0.928. The first-order valence-corrected chi connectivity index (χ1v) is 8.54. The van der Waals surface area contributed by atoms with Crippen LogP contribution < -0.4 is 5.32 Å². The molecule has 0 radical (unpaired) electrons. The standard InChI is InChI=1S/C15H21N3O2S/c1-10-15(20)18(9-12-16-7-8-21-12)13(14(19)17-10)11-5-3-2-4-6-11/h7-8,10-11,13H,2-6,9H2,1H3,(H,17,19). The second-order valence-electron chi connectivity index (χ2n) is 5.97. The molecular weight excluding hydrogens is 286 g/mol. The van der Waals surface area contributed by atoms with Crippen LogP contribution >= 0.6 is 11.3 Å². The van der Waals surface area contributed by atoms with Gasteiger partial charge in [-0.25, -0.2) is 4.98 Å². The Morgan fingerprint density at radius 2 is 2.10 bits per heavy atom. The van der Waals surface area contributed by atoms with Gasteiger partial charge in [-0.15, -0.1) is 11.3 Å². The summed E-state index contributed by atoms with van der Waals surface area (Å²) in [6.45, 7) is 2.21. The average molecular weight is 307 g/mol. The number of carbonyl (C=O) groups is 2. The van der Waals surface area contributed by atoms with Gasteiger partial charge in [0.25, 0.3) is 0 Å². The van der Waals surface area contributed by atoms with Gasteiger partial charge in [-0.1, -0.05) is 19.3 Å². The average Bonchev–Trinajstić information content (AvgIpc) is 2.98. The first kappa shape index (κ1) is 14.5.